The van der Waals surface area contributed by atoms with Crippen molar-refractivity contribution >= 4 is 54.7 Å². The monoisotopic (exact) mass is 639 g/mol. The number of nitrogens with zero attached hydrogens (tertiary/aromatic N) is 1. The maximum Gasteiger partial charge on any atom is 0.0536 e. The summed E-state index contributed by atoms with van der Waals surface area (Å²) in [6, 6.07) is 54.4. The van der Waals surface area contributed by atoms with E-state index in [1.54, 1.807) is 0 Å². The standard InChI is InChI=1S/C47H29NS/c1-3-13-32-29(11-1)12-2-7-21-43(32)48(31-24-26-36-35-15-6-8-22-44(35)49-45(36)28-31)30-23-25-34-39-18-10-19-40-41-20-9-17-38(47(41)42(34)27-30)33-14-4-5-16-37(33)46(39)40/h1,3-28H,2H2. The second kappa shape index (κ2) is 10.3. The molecule has 0 radical (unpaired) electrons. The molecule has 0 saturated carbocycles. The maximum atomic E-state index is 2.49. The number of rotatable bonds is 3. The summed E-state index contributed by atoms with van der Waals surface area (Å²) in [6.45, 7) is 0. The van der Waals surface area contributed by atoms with E-state index >= 15 is 0 Å². The number of benzene rings is 7. The smallest absolute Gasteiger partial charge is 0.0536 e. The molecule has 0 spiro atoms. The van der Waals surface area contributed by atoms with Gasteiger partial charge in [-0.15, -0.1) is 11.3 Å². The van der Waals surface area contributed by atoms with Crippen molar-refractivity contribution in [1.82, 2.24) is 0 Å². The molecule has 0 unspecified atom stereocenters. The molecular weight excluding hydrogens is 611 g/mol. The Hall–Kier alpha value is -5.96. The van der Waals surface area contributed by atoms with Gasteiger partial charge in [-0.2, -0.15) is 0 Å². The largest absolute Gasteiger partial charge is 0.310 e. The van der Waals surface area contributed by atoms with Gasteiger partial charge in [-0.05, 0) is 104 Å². The fraction of sp³-hybridized carbons (Fsp3) is 0.0213. The van der Waals surface area contributed by atoms with Crippen molar-refractivity contribution in [3.8, 4) is 55.6 Å². The van der Waals surface area contributed by atoms with Crippen LogP contribution in [0.3, 0.4) is 0 Å². The minimum absolute atomic E-state index is 0.905. The van der Waals surface area contributed by atoms with E-state index in [1.165, 1.54) is 91.9 Å². The van der Waals surface area contributed by atoms with Crippen LogP contribution in [0.1, 0.15) is 6.42 Å². The minimum atomic E-state index is 0.905. The molecule has 6 bridgehead atoms. The number of anilines is 2. The first-order valence-corrected chi connectivity index (χ1v) is 17.8. The van der Waals surface area contributed by atoms with Crippen LogP contribution in [0.2, 0.25) is 0 Å². The number of allylic oxidation sites excluding steroid dienone is 1. The van der Waals surface area contributed by atoms with Crippen LogP contribution in [0, 0.1) is 0 Å². The highest BCUT2D eigenvalue weighted by Gasteiger charge is 2.31. The molecule has 1 aromatic heterocycles. The van der Waals surface area contributed by atoms with Crippen LogP contribution in [0.25, 0.3) is 87.6 Å². The Bertz CT molecular complexity index is 2850. The normalized spacial score (nSPS) is 13.3. The third-order valence-corrected chi connectivity index (χ3v) is 11.7. The lowest BCUT2D eigenvalue weighted by Gasteiger charge is -2.28. The predicted molar refractivity (Wildman–Crippen MR) is 210 cm³/mol. The molecule has 2 heteroatoms. The van der Waals surface area contributed by atoms with Crippen molar-refractivity contribution in [2.45, 2.75) is 6.42 Å². The lowest BCUT2D eigenvalue weighted by molar-refractivity contribution is 1.29. The van der Waals surface area contributed by atoms with Crippen LogP contribution in [0.15, 0.2) is 158 Å². The fourth-order valence-corrected chi connectivity index (χ4v) is 9.62. The SMILES string of the molecule is C1=CC(N(c2ccc3c(c2)-c2c4cccc2-c2cccc-3c2-c2ccccc2-4)c2ccc3c(c2)sc2ccccc23)=c2ccccc2=CC1. The average molecular weight is 640 g/mol. The molecular formula is C47H29NS. The van der Waals surface area contributed by atoms with Gasteiger partial charge in [-0.25, -0.2) is 0 Å². The summed E-state index contributed by atoms with van der Waals surface area (Å²) >= 11 is 1.87. The number of hydrogen-bond donors (Lipinski definition) is 0. The first kappa shape index (κ1) is 27.0. The van der Waals surface area contributed by atoms with E-state index in [4.69, 9.17) is 0 Å². The molecule has 228 valence electrons. The average Bonchev–Trinajstić information content (AvgIpc) is 3.33. The fourth-order valence-electron chi connectivity index (χ4n) is 8.48. The van der Waals surface area contributed by atoms with Crippen LogP contribution in [0.4, 0.5) is 11.4 Å². The van der Waals surface area contributed by atoms with Gasteiger partial charge < -0.3 is 4.90 Å². The molecule has 1 nitrogen and oxygen atoms in total. The van der Waals surface area contributed by atoms with Gasteiger partial charge in [0.2, 0.25) is 0 Å². The van der Waals surface area contributed by atoms with Crippen LogP contribution in [-0.4, -0.2) is 0 Å². The molecule has 1 heterocycles. The number of hydrogen-bond acceptors (Lipinski definition) is 2. The molecule has 0 fully saturated rings. The molecule has 0 N–H and O–H groups in total. The topological polar surface area (TPSA) is 3.24 Å². The Balaban J connectivity index is 1.22. The third-order valence-electron chi connectivity index (χ3n) is 10.6. The van der Waals surface area contributed by atoms with Crippen molar-refractivity contribution in [2.75, 3.05) is 4.90 Å². The van der Waals surface area contributed by atoms with Crippen LogP contribution in [-0.2, 0) is 0 Å². The highest BCUT2D eigenvalue weighted by Crippen LogP contribution is 2.57. The molecule has 0 saturated heterocycles. The Kier molecular flexibility index (Phi) is 5.67. The van der Waals surface area contributed by atoms with Gasteiger partial charge in [0, 0.05) is 36.8 Å². The Morgan fingerprint density at radius 1 is 0.449 bits per heavy atom. The molecule has 0 atom stereocenters. The molecule has 7 aromatic carbocycles. The van der Waals surface area contributed by atoms with E-state index in [2.05, 4.69) is 169 Å². The maximum absolute atomic E-state index is 2.49. The lowest BCUT2D eigenvalue weighted by atomic mass is 9.83. The zero-order chi connectivity index (χ0) is 32.1. The predicted octanol–water partition coefficient (Wildman–Crippen LogP) is 11.7. The van der Waals surface area contributed by atoms with Crippen LogP contribution < -0.4 is 15.3 Å². The van der Waals surface area contributed by atoms with E-state index in [0.717, 1.165) is 17.8 Å². The lowest BCUT2D eigenvalue weighted by Crippen LogP contribution is -2.31. The molecule has 11 rings (SSSR count). The molecule has 49 heavy (non-hydrogen) atoms. The molecule has 8 aromatic rings. The number of fused-ring (bicyclic) bond motifs is 8. The highest BCUT2D eigenvalue weighted by molar-refractivity contribution is 7.25. The van der Waals surface area contributed by atoms with Gasteiger partial charge in [0.05, 0.1) is 5.70 Å². The summed E-state index contributed by atoms with van der Waals surface area (Å²) in [7, 11) is 0. The van der Waals surface area contributed by atoms with Crippen LogP contribution >= 0.6 is 11.3 Å². The van der Waals surface area contributed by atoms with E-state index < -0.39 is 0 Å². The third kappa shape index (κ3) is 3.87. The Labute approximate surface area is 288 Å². The summed E-state index contributed by atoms with van der Waals surface area (Å²) in [5, 5.41) is 5.15. The van der Waals surface area contributed by atoms with Crippen molar-refractivity contribution in [2.24, 2.45) is 0 Å². The molecule has 3 aliphatic rings. The van der Waals surface area contributed by atoms with E-state index in [1.807, 2.05) is 11.3 Å². The second-order valence-corrected chi connectivity index (χ2v) is 14.2. The van der Waals surface area contributed by atoms with Gasteiger partial charge >= 0.3 is 0 Å². The van der Waals surface area contributed by atoms with Gasteiger partial charge in [0.1, 0.15) is 0 Å². The first-order valence-electron chi connectivity index (χ1n) is 17.0. The number of thiophene rings is 1. The molecule has 0 aliphatic heterocycles. The first-order chi connectivity index (χ1) is 24.3. The van der Waals surface area contributed by atoms with E-state index in [0.29, 0.717) is 0 Å². The summed E-state index contributed by atoms with van der Waals surface area (Å²) in [5.74, 6) is 0. The summed E-state index contributed by atoms with van der Waals surface area (Å²) in [4.78, 5) is 2.49. The zero-order valence-corrected chi connectivity index (χ0v) is 27.5. The molecule has 3 aliphatic carbocycles. The summed E-state index contributed by atoms with van der Waals surface area (Å²) < 4.78 is 2.63. The second-order valence-electron chi connectivity index (χ2n) is 13.2. The van der Waals surface area contributed by atoms with Gasteiger partial charge in [0.25, 0.3) is 0 Å². The van der Waals surface area contributed by atoms with Crippen molar-refractivity contribution < 1.29 is 0 Å². The van der Waals surface area contributed by atoms with Gasteiger partial charge in [-0.3, -0.25) is 0 Å². The van der Waals surface area contributed by atoms with Crippen LogP contribution in [0.5, 0.6) is 0 Å². The van der Waals surface area contributed by atoms with Gasteiger partial charge in [-0.1, -0.05) is 127 Å². The Morgan fingerprint density at radius 3 is 1.92 bits per heavy atom. The van der Waals surface area contributed by atoms with E-state index in [9.17, 15) is 0 Å². The molecule has 0 amide bonds. The quantitative estimate of drug-likeness (QED) is 0.186. The van der Waals surface area contributed by atoms with Gasteiger partial charge in [0.15, 0.2) is 0 Å². The highest BCUT2D eigenvalue weighted by atomic mass is 32.1. The van der Waals surface area contributed by atoms with E-state index in [-0.39, 0.29) is 0 Å². The van der Waals surface area contributed by atoms with Crippen molar-refractivity contribution in [3.63, 3.8) is 0 Å². The van der Waals surface area contributed by atoms with Crippen molar-refractivity contribution in [1.29, 1.82) is 0 Å². The Morgan fingerprint density at radius 2 is 1.06 bits per heavy atom. The zero-order valence-electron chi connectivity index (χ0n) is 26.7. The summed E-state index contributed by atoms with van der Waals surface area (Å²) in [5.41, 5.74) is 16.6. The minimum Gasteiger partial charge on any atom is -0.310 e. The summed E-state index contributed by atoms with van der Waals surface area (Å²) in [6.07, 6.45) is 7.86. The van der Waals surface area contributed by atoms with Crippen molar-refractivity contribution in [3.05, 3.63) is 168 Å².